The van der Waals surface area contributed by atoms with Crippen LogP contribution in [0.1, 0.15) is 0 Å². The average molecular weight is 123 g/mol. The molecule has 8 heavy (non-hydrogen) atoms. The minimum Gasteiger partial charge on any atom is -0.278 e. The van der Waals surface area contributed by atoms with E-state index in [1.54, 1.807) is 0 Å². The summed E-state index contributed by atoms with van der Waals surface area (Å²) in [6.45, 7) is 0. The number of hydrazine groups is 1. The van der Waals surface area contributed by atoms with E-state index < -0.39 is 0 Å². The topological polar surface area (TPSA) is 69.0 Å². The lowest BCUT2D eigenvalue weighted by Gasteiger charge is -2.09. The first kappa shape index (κ1) is 7.76. The van der Waals surface area contributed by atoms with Crippen LogP contribution in [-0.4, -0.2) is 19.6 Å². The van der Waals surface area contributed by atoms with Gasteiger partial charge in [0.25, 0.3) is 0 Å². The van der Waals surface area contributed by atoms with Crippen LogP contribution in [-0.2, 0) is 14.6 Å². The van der Waals surface area contributed by atoms with Gasteiger partial charge in [-0.05, 0) is 0 Å². The van der Waals surface area contributed by atoms with Gasteiger partial charge >= 0.3 is 0 Å². The Morgan fingerprint density at radius 3 is 2.50 bits per heavy atom. The Morgan fingerprint density at radius 2 is 2.12 bits per heavy atom. The maximum atomic E-state index is 4.91. The fourth-order valence-electron chi connectivity index (χ4n) is 0.111. The van der Waals surface area contributed by atoms with Gasteiger partial charge in [0.2, 0.25) is 0 Å². The minimum absolute atomic E-state index is 0.601. The maximum Gasteiger partial charge on any atom is 0.0617 e. The molecule has 0 radical (unpaired) electrons. The first-order valence-corrected chi connectivity index (χ1v) is 1.85. The van der Waals surface area contributed by atoms with Crippen molar-refractivity contribution in [2.75, 3.05) is 14.2 Å². The van der Waals surface area contributed by atoms with Crippen molar-refractivity contribution in [2.24, 2.45) is 5.84 Å². The summed E-state index contributed by atoms with van der Waals surface area (Å²) in [7, 11) is 2.72. The summed E-state index contributed by atoms with van der Waals surface area (Å²) in [6, 6.07) is 0. The highest BCUT2D eigenvalue weighted by Gasteiger charge is 1.90. The second-order valence-corrected chi connectivity index (χ2v) is 0.847. The summed E-state index contributed by atoms with van der Waals surface area (Å²) >= 11 is 0. The maximum absolute atomic E-state index is 4.91. The highest BCUT2D eigenvalue weighted by molar-refractivity contribution is 3.75. The molecular formula is C2H9N3O3. The van der Waals surface area contributed by atoms with Crippen LogP contribution in [0.15, 0.2) is 0 Å². The second-order valence-electron chi connectivity index (χ2n) is 0.847. The van der Waals surface area contributed by atoms with Crippen LogP contribution in [0.2, 0.25) is 0 Å². The van der Waals surface area contributed by atoms with Crippen LogP contribution in [0.25, 0.3) is 0 Å². The first-order chi connectivity index (χ1) is 3.81. The molecule has 0 spiro atoms. The van der Waals surface area contributed by atoms with Crippen LogP contribution in [0, 0.1) is 0 Å². The zero-order valence-corrected chi connectivity index (χ0v) is 4.75. The van der Waals surface area contributed by atoms with E-state index in [2.05, 4.69) is 14.6 Å². The normalized spacial score (nSPS) is 10.5. The molecule has 6 nitrogen and oxygen atoms in total. The monoisotopic (exact) mass is 123 g/mol. The number of nitrogens with two attached hydrogens (primary N) is 1. The third kappa shape index (κ3) is 3.93. The van der Waals surface area contributed by atoms with Crippen molar-refractivity contribution in [3.63, 3.8) is 0 Å². The Morgan fingerprint density at radius 1 is 1.50 bits per heavy atom. The molecule has 0 aromatic heterocycles. The van der Waals surface area contributed by atoms with E-state index in [-0.39, 0.29) is 0 Å². The standard InChI is InChI=1S/C2H9N3O3/c1-6-4-8-5(3)7-2/h4H,3H2,1-2H3. The van der Waals surface area contributed by atoms with Crippen molar-refractivity contribution in [1.29, 1.82) is 0 Å². The molecule has 0 saturated carbocycles. The van der Waals surface area contributed by atoms with Crippen LogP contribution >= 0.6 is 0 Å². The largest absolute Gasteiger partial charge is 0.278 e. The van der Waals surface area contributed by atoms with E-state index in [0.29, 0.717) is 5.34 Å². The van der Waals surface area contributed by atoms with E-state index in [1.807, 2.05) is 5.64 Å². The molecule has 50 valence electrons. The summed E-state index contributed by atoms with van der Waals surface area (Å²) in [4.78, 5) is 12.8. The second kappa shape index (κ2) is 4.91. The molecule has 0 aliphatic heterocycles. The summed E-state index contributed by atoms with van der Waals surface area (Å²) in [5, 5.41) is 0.601. The lowest BCUT2D eigenvalue weighted by molar-refractivity contribution is -0.426. The van der Waals surface area contributed by atoms with Gasteiger partial charge < -0.3 is 0 Å². The molecule has 0 amide bonds. The van der Waals surface area contributed by atoms with Gasteiger partial charge in [-0.3, -0.25) is 9.68 Å². The quantitative estimate of drug-likeness (QED) is 0.358. The lowest BCUT2D eigenvalue weighted by Crippen LogP contribution is -2.35. The van der Waals surface area contributed by atoms with Crippen molar-refractivity contribution >= 4 is 0 Å². The van der Waals surface area contributed by atoms with Gasteiger partial charge in [-0.15, -0.1) is 4.94 Å². The predicted octanol–water partition coefficient (Wildman–Crippen LogP) is -1.28. The predicted molar refractivity (Wildman–Crippen MR) is 24.3 cm³/mol. The van der Waals surface area contributed by atoms with Crippen LogP contribution in [0.4, 0.5) is 0 Å². The number of rotatable bonds is 4. The van der Waals surface area contributed by atoms with Crippen molar-refractivity contribution in [3.8, 4) is 0 Å². The van der Waals surface area contributed by atoms with Crippen molar-refractivity contribution in [3.05, 3.63) is 0 Å². The Balaban J connectivity index is 2.86. The summed E-state index contributed by atoms with van der Waals surface area (Å²) in [6.07, 6.45) is 0. The fourth-order valence-corrected chi connectivity index (χ4v) is 0.111. The van der Waals surface area contributed by atoms with Crippen molar-refractivity contribution in [2.45, 2.75) is 0 Å². The van der Waals surface area contributed by atoms with E-state index >= 15 is 0 Å². The first-order valence-electron chi connectivity index (χ1n) is 1.85. The van der Waals surface area contributed by atoms with Crippen LogP contribution in [0.3, 0.4) is 0 Å². The number of nitrogens with one attached hydrogen (secondary N) is 1. The molecule has 0 heterocycles. The number of hydrogen-bond donors (Lipinski definition) is 2. The molecule has 0 aliphatic carbocycles. The Labute approximate surface area is 46.9 Å². The molecule has 0 saturated heterocycles. The Kier molecular flexibility index (Phi) is 4.76. The summed E-state index contributed by atoms with van der Waals surface area (Å²) in [5.74, 6) is 4.91. The molecule has 0 fully saturated rings. The highest BCUT2D eigenvalue weighted by atomic mass is 17.1. The molecule has 0 bridgehead atoms. The molecule has 0 unspecified atom stereocenters. The van der Waals surface area contributed by atoms with E-state index in [4.69, 9.17) is 5.84 Å². The van der Waals surface area contributed by atoms with Gasteiger partial charge in [0.05, 0.1) is 14.2 Å². The van der Waals surface area contributed by atoms with Gasteiger partial charge in [-0.25, -0.2) is 5.84 Å². The van der Waals surface area contributed by atoms with Gasteiger partial charge in [-0.2, -0.15) is 0 Å². The van der Waals surface area contributed by atoms with Gasteiger partial charge in [0.15, 0.2) is 0 Å². The number of nitrogens with zero attached hydrogens (tertiary/aromatic N) is 1. The Hall–Kier alpha value is -0.240. The minimum atomic E-state index is 0.601. The van der Waals surface area contributed by atoms with Crippen molar-refractivity contribution in [1.82, 2.24) is 11.0 Å². The van der Waals surface area contributed by atoms with Gasteiger partial charge in [-0.1, -0.05) is 5.64 Å². The SMILES string of the molecule is CONON(N)OC. The fraction of sp³-hybridized carbons (Fsp3) is 1.00. The molecule has 0 atom stereocenters. The molecule has 3 N–H and O–H groups in total. The van der Waals surface area contributed by atoms with Crippen LogP contribution in [0.5, 0.6) is 0 Å². The number of hydrogen-bond acceptors (Lipinski definition) is 6. The molecule has 6 heteroatoms. The molecule has 0 rings (SSSR count). The molecule has 0 aromatic rings. The zero-order chi connectivity index (χ0) is 6.41. The molecule has 0 aromatic carbocycles. The summed E-state index contributed by atoms with van der Waals surface area (Å²) < 4.78 is 0. The van der Waals surface area contributed by atoms with Crippen LogP contribution < -0.4 is 11.5 Å². The summed E-state index contributed by atoms with van der Waals surface area (Å²) in [5.41, 5.74) is 1.97. The Bertz CT molecular complexity index is 51.8. The third-order valence-corrected chi connectivity index (χ3v) is 0.391. The van der Waals surface area contributed by atoms with E-state index in [0.717, 1.165) is 0 Å². The third-order valence-electron chi connectivity index (χ3n) is 0.391. The smallest absolute Gasteiger partial charge is 0.0617 e. The van der Waals surface area contributed by atoms with E-state index in [1.165, 1.54) is 14.2 Å². The average Bonchev–Trinajstić information content (AvgIpc) is 1.83. The molecule has 0 aliphatic rings. The van der Waals surface area contributed by atoms with Crippen molar-refractivity contribution < 1.29 is 14.6 Å². The van der Waals surface area contributed by atoms with Gasteiger partial charge in [0.1, 0.15) is 0 Å². The lowest BCUT2D eigenvalue weighted by atomic mass is 11.7. The highest BCUT2D eigenvalue weighted by Crippen LogP contribution is 1.71. The molecular weight excluding hydrogens is 114 g/mol. The van der Waals surface area contributed by atoms with E-state index in [9.17, 15) is 0 Å². The zero-order valence-electron chi connectivity index (χ0n) is 4.75. The van der Waals surface area contributed by atoms with Gasteiger partial charge in [0, 0.05) is 5.34 Å².